The monoisotopic (exact) mass is 499 g/mol. The average Bonchev–Trinajstić information content (AvgIpc) is 3.24. The summed E-state index contributed by atoms with van der Waals surface area (Å²) in [6.45, 7) is 4.78. The van der Waals surface area contributed by atoms with Gasteiger partial charge in [0.15, 0.2) is 0 Å². The summed E-state index contributed by atoms with van der Waals surface area (Å²) < 4.78 is 30.3. The van der Waals surface area contributed by atoms with Crippen LogP contribution in [-0.2, 0) is 14.9 Å². The van der Waals surface area contributed by atoms with E-state index in [1.165, 1.54) is 48.8 Å². The number of aldehydes is 1. The minimum absolute atomic E-state index is 0.0653. The summed E-state index contributed by atoms with van der Waals surface area (Å²) >= 11 is 1.36. The first kappa shape index (κ1) is 24.4. The fraction of sp³-hybridized carbons (Fsp3) is 0.385. The van der Waals surface area contributed by atoms with Gasteiger partial charge in [0.25, 0.3) is 0 Å². The summed E-state index contributed by atoms with van der Waals surface area (Å²) in [5, 5.41) is 2.22. The minimum Gasteiger partial charge on any atom is -0.379 e. The molecule has 3 aromatic rings. The Morgan fingerprint density at radius 2 is 1.79 bits per heavy atom. The van der Waals surface area contributed by atoms with Crippen LogP contribution in [0.15, 0.2) is 58.8 Å². The van der Waals surface area contributed by atoms with Gasteiger partial charge in [0.1, 0.15) is 16.9 Å². The van der Waals surface area contributed by atoms with Gasteiger partial charge in [-0.25, -0.2) is 0 Å². The van der Waals surface area contributed by atoms with Gasteiger partial charge in [-0.05, 0) is 72.8 Å². The van der Waals surface area contributed by atoms with Gasteiger partial charge in [0.2, 0.25) is 5.91 Å². The Labute approximate surface area is 204 Å². The number of fused-ring (bicyclic) bond motifs is 3. The van der Waals surface area contributed by atoms with E-state index in [9.17, 15) is 18.0 Å². The Balaban J connectivity index is 0.000000192. The molecule has 3 saturated carbocycles. The van der Waals surface area contributed by atoms with Crippen molar-refractivity contribution in [1.82, 2.24) is 0 Å². The molecule has 180 valence electrons. The van der Waals surface area contributed by atoms with E-state index < -0.39 is 16.0 Å². The average molecular weight is 500 g/mol. The summed E-state index contributed by atoms with van der Waals surface area (Å²) in [4.78, 5) is 21.8. The fourth-order valence-corrected chi connectivity index (χ4v) is 7.04. The molecular weight excluding hydrogens is 470 g/mol. The highest BCUT2D eigenvalue weighted by atomic mass is 32.2. The van der Waals surface area contributed by atoms with E-state index in [-0.39, 0.29) is 10.6 Å². The van der Waals surface area contributed by atoms with E-state index in [4.69, 9.17) is 9.92 Å². The number of nitrogens with two attached hydrogens (primary N) is 1. The van der Waals surface area contributed by atoms with E-state index in [0.717, 1.165) is 35.2 Å². The maximum absolute atomic E-state index is 12.2. The second-order valence-electron chi connectivity index (χ2n) is 9.71. The highest BCUT2D eigenvalue weighted by molar-refractivity contribution is 7.87. The number of carbonyl (C=O) groups is 2. The van der Waals surface area contributed by atoms with Crippen LogP contribution in [-0.4, -0.2) is 20.6 Å². The van der Waals surface area contributed by atoms with Crippen LogP contribution in [0.1, 0.15) is 49.9 Å². The molecule has 2 unspecified atom stereocenters. The molecule has 0 aliphatic heterocycles. The molecule has 34 heavy (non-hydrogen) atoms. The van der Waals surface area contributed by atoms with Crippen LogP contribution < -0.4 is 9.92 Å². The van der Waals surface area contributed by atoms with Gasteiger partial charge in [0.05, 0.1) is 5.56 Å². The molecule has 1 amide bonds. The molecule has 3 atom stereocenters. The minimum atomic E-state index is -3.91. The van der Waals surface area contributed by atoms with Crippen LogP contribution in [0.4, 0.5) is 0 Å². The van der Waals surface area contributed by atoms with Crippen molar-refractivity contribution in [1.29, 1.82) is 0 Å². The topological polar surface area (TPSA) is 104 Å². The molecule has 3 aliphatic carbocycles. The van der Waals surface area contributed by atoms with Crippen molar-refractivity contribution in [2.45, 2.75) is 44.4 Å². The summed E-state index contributed by atoms with van der Waals surface area (Å²) in [5.41, 5.74) is 6.25. The van der Waals surface area contributed by atoms with Crippen LogP contribution in [0.2, 0.25) is 0 Å². The van der Waals surface area contributed by atoms with Crippen LogP contribution >= 0.6 is 11.3 Å². The summed E-state index contributed by atoms with van der Waals surface area (Å²) in [6, 6.07) is 12.6. The van der Waals surface area contributed by atoms with Gasteiger partial charge in [-0.3, -0.25) is 4.79 Å². The van der Waals surface area contributed by atoms with E-state index in [2.05, 4.69) is 13.8 Å². The summed E-state index contributed by atoms with van der Waals surface area (Å²) in [5.74, 6) is 2.13. The van der Waals surface area contributed by atoms with Gasteiger partial charge in [-0.15, -0.1) is 11.3 Å². The van der Waals surface area contributed by atoms with Crippen molar-refractivity contribution in [2.75, 3.05) is 0 Å². The number of hydrogen-bond donors (Lipinski definition) is 1. The lowest BCUT2D eigenvalue weighted by Crippen LogP contribution is -2.50. The standard InChI is InChI=1S/C15H11NO4S2.C11H18O/c16-15(17)13-9-21-14-7-6-10(8-12(13)14)20-22(18,19)11-4-2-1-3-5-11;1-11(2)9-5-8(3-4-12)6-10(11)7-9/h1-9H,(H2,16,17);4,8-10H,3,5-7H2,1-2H3/t;8?,9-,10?/m.0/s1. The molecule has 2 aromatic carbocycles. The number of carbonyl (C=O) groups excluding carboxylic acids is 2. The zero-order valence-electron chi connectivity index (χ0n) is 19.3. The number of thiophene rings is 1. The predicted molar refractivity (Wildman–Crippen MR) is 133 cm³/mol. The SMILES string of the molecule is CC1(C)C2CC(CC=O)C[C@H]1C2.NC(=O)c1csc2ccc(OS(=O)(=O)c3ccccc3)cc12. The van der Waals surface area contributed by atoms with E-state index in [0.29, 0.717) is 16.4 Å². The quantitative estimate of drug-likeness (QED) is 0.360. The molecule has 1 aromatic heterocycles. The van der Waals surface area contributed by atoms with Gasteiger partial charge in [-0.2, -0.15) is 8.42 Å². The lowest BCUT2D eigenvalue weighted by atomic mass is 9.46. The number of benzene rings is 2. The van der Waals surface area contributed by atoms with E-state index in [1.807, 2.05) is 0 Å². The molecule has 3 fully saturated rings. The first-order valence-corrected chi connectivity index (χ1v) is 13.6. The van der Waals surface area contributed by atoms with Crippen molar-refractivity contribution in [2.24, 2.45) is 28.9 Å². The Morgan fingerprint density at radius 1 is 1.12 bits per heavy atom. The molecule has 2 N–H and O–H groups in total. The first-order chi connectivity index (χ1) is 16.1. The molecule has 1 heterocycles. The normalized spacial score (nSPS) is 22.7. The summed E-state index contributed by atoms with van der Waals surface area (Å²) in [7, 11) is -3.91. The van der Waals surface area contributed by atoms with Crippen molar-refractivity contribution in [3.8, 4) is 5.75 Å². The van der Waals surface area contributed by atoms with Crippen molar-refractivity contribution in [3.05, 3.63) is 59.5 Å². The summed E-state index contributed by atoms with van der Waals surface area (Å²) in [6.07, 6.45) is 5.96. The maximum Gasteiger partial charge on any atom is 0.339 e. The van der Waals surface area contributed by atoms with Crippen molar-refractivity contribution >= 4 is 43.7 Å². The Morgan fingerprint density at radius 3 is 2.38 bits per heavy atom. The Kier molecular flexibility index (Phi) is 6.82. The highest BCUT2D eigenvalue weighted by Gasteiger charge is 2.52. The molecule has 3 aliphatic rings. The third kappa shape index (κ3) is 4.88. The van der Waals surface area contributed by atoms with E-state index >= 15 is 0 Å². The highest BCUT2D eigenvalue weighted by Crippen LogP contribution is 2.60. The number of rotatable bonds is 6. The third-order valence-electron chi connectivity index (χ3n) is 7.39. The molecule has 0 radical (unpaired) electrons. The molecule has 6 nitrogen and oxygen atoms in total. The fourth-order valence-electron chi connectivity index (χ4n) is 5.17. The van der Waals surface area contributed by atoms with Gasteiger partial charge in [-0.1, -0.05) is 32.0 Å². The molecule has 2 bridgehead atoms. The van der Waals surface area contributed by atoms with Crippen molar-refractivity contribution < 1.29 is 22.2 Å². The smallest absolute Gasteiger partial charge is 0.339 e. The molecule has 8 heteroatoms. The maximum atomic E-state index is 12.2. The van der Waals surface area contributed by atoms with E-state index in [1.54, 1.807) is 35.7 Å². The molecule has 6 rings (SSSR count). The van der Waals surface area contributed by atoms with Gasteiger partial charge >= 0.3 is 10.1 Å². The second-order valence-corrected chi connectivity index (χ2v) is 12.2. The lowest BCUT2D eigenvalue weighted by Gasteiger charge is -2.58. The van der Waals surface area contributed by atoms with Crippen LogP contribution in [0.3, 0.4) is 0 Å². The Hall–Kier alpha value is -2.71. The van der Waals surface area contributed by atoms with Crippen LogP contribution in [0.25, 0.3) is 10.1 Å². The number of primary amides is 1. The van der Waals surface area contributed by atoms with Crippen LogP contribution in [0, 0.1) is 23.2 Å². The molecule has 0 spiro atoms. The first-order valence-electron chi connectivity index (χ1n) is 11.4. The molecule has 0 saturated heterocycles. The number of hydrogen-bond acceptors (Lipinski definition) is 6. The molecular formula is C26H29NO5S2. The van der Waals surface area contributed by atoms with Crippen LogP contribution in [0.5, 0.6) is 5.75 Å². The van der Waals surface area contributed by atoms with Gasteiger partial charge < -0.3 is 14.7 Å². The van der Waals surface area contributed by atoms with Crippen molar-refractivity contribution in [3.63, 3.8) is 0 Å². The third-order valence-corrected chi connectivity index (χ3v) is 9.61. The zero-order valence-corrected chi connectivity index (χ0v) is 20.9. The second kappa shape index (κ2) is 9.50. The predicted octanol–water partition coefficient (Wildman–Crippen LogP) is 5.42. The zero-order chi connectivity index (χ0) is 24.5. The Bertz CT molecular complexity index is 1280. The lowest BCUT2D eigenvalue weighted by molar-refractivity contribution is -0.115. The van der Waals surface area contributed by atoms with Gasteiger partial charge in [0, 0.05) is 21.9 Å². The number of amides is 1. The largest absolute Gasteiger partial charge is 0.379 e.